The summed E-state index contributed by atoms with van der Waals surface area (Å²) in [6.45, 7) is 6.16. The van der Waals surface area contributed by atoms with Crippen molar-refractivity contribution in [1.29, 1.82) is 0 Å². The fourth-order valence-corrected chi connectivity index (χ4v) is 3.62. The van der Waals surface area contributed by atoms with Crippen molar-refractivity contribution in [3.63, 3.8) is 0 Å². The number of carbonyl (C=O) groups is 1. The van der Waals surface area contributed by atoms with Crippen LogP contribution in [0.1, 0.15) is 35.3 Å². The molecule has 1 N–H and O–H groups in total. The van der Waals surface area contributed by atoms with Crippen LogP contribution in [0.25, 0.3) is 0 Å². The molecule has 0 radical (unpaired) electrons. The molecule has 0 aliphatic carbocycles. The van der Waals surface area contributed by atoms with Crippen LogP contribution in [0, 0.1) is 0 Å². The van der Waals surface area contributed by atoms with E-state index in [1.165, 1.54) is 0 Å². The molecule has 1 atom stereocenters. The van der Waals surface area contributed by atoms with Crippen LogP contribution < -0.4 is 19.5 Å². The Kier molecular flexibility index (Phi) is 8.55. The molecule has 1 aliphatic rings. The highest BCUT2D eigenvalue weighted by Crippen LogP contribution is 2.32. The molecule has 0 bridgehead atoms. The Hall–Kier alpha value is -2.77. The Morgan fingerprint density at radius 3 is 2.42 bits per heavy atom. The number of benzene rings is 2. The molecule has 0 saturated carbocycles. The van der Waals surface area contributed by atoms with E-state index in [-0.39, 0.29) is 11.9 Å². The summed E-state index contributed by atoms with van der Waals surface area (Å²) in [6.07, 6.45) is 0.946. The van der Waals surface area contributed by atoms with Gasteiger partial charge in [0.05, 0.1) is 40.1 Å². The average molecular weight is 429 g/mol. The molecule has 1 amide bonds. The van der Waals surface area contributed by atoms with Crippen LogP contribution in [0.2, 0.25) is 0 Å². The van der Waals surface area contributed by atoms with Crippen LogP contribution in [-0.2, 0) is 4.74 Å². The Morgan fingerprint density at radius 2 is 1.77 bits per heavy atom. The SMILES string of the molecule is CCCOc1ccc(C(=O)NCC(c2ccc(OC)c(OC)c2)N2CCOCC2)cc1. The van der Waals surface area contributed by atoms with Crippen molar-refractivity contribution in [3.8, 4) is 17.2 Å². The molecule has 1 saturated heterocycles. The predicted octanol–water partition coefficient (Wildman–Crippen LogP) is 3.30. The van der Waals surface area contributed by atoms with Gasteiger partial charge >= 0.3 is 0 Å². The van der Waals surface area contributed by atoms with E-state index in [4.69, 9.17) is 18.9 Å². The normalized spacial score (nSPS) is 15.2. The summed E-state index contributed by atoms with van der Waals surface area (Å²) < 4.78 is 22.0. The van der Waals surface area contributed by atoms with Crippen LogP contribution in [-0.4, -0.2) is 64.5 Å². The Balaban J connectivity index is 1.72. The number of hydrogen-bond donors (Lipinski definition) is 1. The van der Waals surface area contributed by atoms with Gasteiger partial charge in [0.15, 0.2) is 11.5 Å². The second kappa shape index (κ2) is 11.6. The highest BCUT2D eigenvalue weighted by Gasteiger charge is 2.24. The molecule has 0 aromatic heterocycles. The summed E-state index contributed by atoms with van der Waals surface area (Å²) in [6, 6.07) is 13.1. The predicted molar refractivity (Wildman–Crippen MR) is 119 cm³/mol. The highest BCUT2D eigenvalue weighted by atomic mass is 16.5. The topological polar surface area (TPSA) is 69.3 Å². The zero-order valence-corrected chi connectivity index (χ0v) is 18.6. The lowest BCUT2D eigenvalue weighted by atomic mass is 10.0. The smallest absolute Gasteiger partial charge is 0.251 e. The van der Waals surface area contributed by atoms with Gasteiger partial charge in [-0.25, -0.2) is 0 Å². The van der Waals surface area contributed by atoms with Crippen molar-refractivity contribution >= 4 is 5.91 Å². The molecule has 7 heteroatoms. The minimum atomic E-state index is -0.110. The molecule has 1 aliphatic heterocycles. The van der Waals surface area contributed by atoms with E-state index in [1.807, 2.05) is 30.3 Å². The van der Waals surface area contributed by atoms with Gasteiger partial charge in [-0.2, -0.15) is 0 Å². The van der Waals surface area contributed by atoms with Crippen LogP contribution in [0.4, 0.5) is 0 Å². The molecule has 31 heavy (non-hydrogen) atoms. The summed E-state index contributed by atoms with van der Waals surface area (Å²) in [4.78, 5) is 15.1. The Bertz CT molecular complexity index is 834. The monoisotopic (exact) mass is 428 g/mol. The fraction of sp³-hybridized carbons (Fsp3) is 0.458. The third-order valence-electron chi connectivity index (χ3n) is 5.32. The fourth-order valence-electron chi connectivity index (χ4n) is 3.62. The van der Waals surface area contributed by atoms with Crippen molar-refractivity contribution in [1.82, 2.24) is 10.2 Å². The molecular weight excluding hydrogens is 396 g/mol. The van der Waals surface area contributed by atoms with Gasteiger partial charge in [-0.05, 0) is 48.4 Å². The zero-order chi connectivity index (χ0) is 22.1. The Morgan fingerprint density at radius 1 is 1.06 bits per heavy atom. The maximum Gasteiger partial charge on any atom is 0.251 e. The average Bonchev–Trinajstić information content (AvgIpc) is 2.83. The second-order valence-corrected chi connectivity index (χ2v) is 7.36. The number of ether oxygens (including phenoxy) is 4. The first kappa shape index (κ1) is 22.9. The standard InChI is InChI=1S/C24H32N2O5/c1-4-13-31-20-8-5-18(6-9-20)24(27)25-17-21(26-11-14-30-15-12-26)19-7-10-22(28-2)23(16-19)29-3/h5-10,16,21H,4,11-15,17H2,1-3H3,(H,25,27). The third-order valence-corrected chi connectivity index (χ3v) is 5.32. The molecule has 7 nitrogen and oxygen atoms in total. The van der Waals surface area contributed by atoms with Crippen LogP contribution in [0.3, 0.4) is 0 Å². The van der Waals surface area contributed by atoms with E-state index in [0.717, 1.165) is 30.8 Å². The molecule has 1 unspecified atom stereocenters. The number of nitrogens with zero attached hydrogens (tertiary/aromatic N) is 1. The molecule has 1 fully saturated rings. The summed E-state index contributed by atoms with van der Waals surface area (Å²) in [7, 11) is 3.25. The van der Waals surface area contributed by atoms with Crippen molar-refractivity contribution in [2.24, 2.45) is 0 Å². The quantitative estimate of drug-likeness (QED) is 0.626. The van der Waals surface area contributed by atoms with E-state index in [2.05, 4.69) is 17.1 Å². The van der Waals surface area contributed by atoms with Gasteiger partial charge in [0.25, 0.3) is 5.91 Å². The van der Waals surface area contributed by atoms with Gasteiger partial charge in [-0.1, -0.05) is 13.0 Å². The largest absolute Gasteiger partial charge is 0.494 e. The van der Waals surface area contributed by atoms with Gasteiger partial charge in [-0.3, -0.25) is 9.69 Å². The van der Waals surface area contributed by atoms with Gasteiger partial charge in [0.2, 0.25) is 0 Å². The lowest BCUT2D eigenvalue weighted by Crippen LogP contribution is -2.43. The van der Waals surface area contributed by atoms with Crippen LogP contribution >= 0.6 is 0 Å². The summed E-state index contributed by atoms with van der Waals surface area (Å²) in [5, 5.41) is 3.09. The number of rotatable bonds is 10. The lowest BCUT2D eigenvalue weighted by molar-refractivity contribution is 0.0162. The summed E-state index contributed by atoms with van der Waals surface area (Å²) in [5.74, 6) is 2.02. The maximum absolute atomic E-state index is 12.8. The summed E-state index contributed by atoms with van der Waals surface area (Å²) >= 11 is 0. The first-order valence-electron chi connectivity index (χ1n) is 10.7. The number of hydrogen-bond acceptors (Lipinski definition) is 6. The van der Waals surface area contributed by atoms with E-state index in [9.17, 15) is 4.79 Å². The van der Waals surface area contributed by atoms with Crippen LogP contribution in [0.5, 0.6) is 17.2 Å². The Labute approximate surface area is 184 Å². The number of morpholine rings is 1. The first-order chi connectivity index (χ1) is 15.2. The third kappa shape index (κ3) is 6.12. The van der Waals surface area contributed by atoms with Crippen molar-refractivity contribution in [2.75, 3.05) is 53.7 Å². The molecule has 2 aromatic carbocycles. The molecule has 3 rings (SSSR count). The van der Waals surface area contributed by atoms with Gasteiger partial charge < -0.3 is 24.3 Å². The number of nitrogens with one attached hydrogen (secondary N) is 1. The van der Waals surface area contributed by atoms with E-state index in [0.29, 0.717) is 43.4 Å². The molecule has 168 valence electrons. The second-order valence-electron chi connectivity index (χ2n) is 7.36. The van der Waals surface area contributed by atoms with Crippen molar-refractivity contribution in [3.05, 3.63) is 53.6 Å². The van der Waals surface area contributed by atoms with Crippen LogP contribution in [0.15, 0.2) is 42.5 Å². The van der Waals surface area contributed by atoms with E-state index >= 15 is 0 Å². The van der Waals surface area contributed by atoms with Gasteiger partial charge in [0.1, 0.15) is 5.75 Å². The maximum atomic E-state index is 12.8. The molecule has 2 aromatic rings. The molecule has 1 heterocycles. The van der Waals surface area contributed by atoms with Gasteiger partial charge in [0, 0.05) is 25.2 Å². The first-order valence-corrected chi connectivity index (χ1v) is 10.7. The number of carbonyl (C=O) groups excluding carboxylic acids is 1. The minimum absolute atomic E-state index is 0.000170. The zero-order valence-electron chi connectivity index (χ0n) is 18.6. The molecule has 0 spiro atoms. The van der Waals surface area contributed by atoms with E-state index < -0.39 is 0 Å². The highest BCUT2D eigenvalue weighted by molar-refractivity contribution is 5.94. The minimum Gasteiger partial charge on any atom is -0.494 e. The van der Waals surface area contributed by atoms with Gasteiger partial charge in [-0.15, -0.1) is 0 Å². The molecular formula is C24H32N2O5. The lowest BCUT2D eigenvalue weighted by Gasteiger charge is -2.35. The van der Waals surface area contributed by atoms with E-state index in [1.54, 1.807) is 26.4 Å². The van der Waals surface area contributed by atoms with Crippen molar-refractivity contribution in [2.45, 2.75) is 19.4 Å². The number of methoxy groups -OCH3 is 2. The number of amides is 1. The summed E-state index contributed by atoms with van der Waals surface area (Å²) in [5.41, 5.74) is 1.67. The van der Waals surface area contributed by atoms with Crippen molar-refractivity contribution < 1.29 is 23.7 Å².